The first-order chi connectivity index (χ1) is 30.3. The number of nitrogens with zero attached hydrogens (tertiary/aromatic N) is 9. The fraction of sp³-hybridized carbons (Fsp3) is 0.644. The number of halogens is 1. The molecule has 2 aromatic carbocycles. The van der Waals surface area contributed by atoms with Gasteiger partial charge >= 0.3 is 0 Å². The normalized spacial score (nSPS) is 26.4. The zero-order valence-electron chi connectivity index (χ0n) is 36.7. The van der Waals surface area contributed by atoms with E-state index in [1.54, 1.807) is 0 Å². The van der Waals surface area contributed by atoms with Gasteiger partial charge in [-0.15, -0.1) is 15.7 Å². The average Bonchev–Trinajstić information content (AvgIpc) is 3.92. The molecule has 2 saturated heterocycles. The molecule has 2 saturated carbocycles. The van der Waals surface area contributed by atoms with Gasteiger partial charge in [0.1, 0.15) is 11.9 Å². The van der Waals surface area contributed by atoms with Crippen LogP contribution in [0.15, 0.2) is 53.6 Å². The van der Waals surface area contributed by atoms with E-state index in [0.717, 1.165) is 68.2 Å². The van der Waals surface area contributed by atoms with Gasteiger partial charge in [-0.2, -0.15) is 0 Å². The van der Waals surface area contributed by atoms with E-state index in [-0.39, 0.29) is 17.9 Å². The van der Waals surface area contributed by atoms with E-state index in [2.05, 4.69) is 69.6 Å². The molecular formula is C45H67ClN14O2. The molecule has 1 aromatic heterocycles. The molecule has 6 atom stereocenters. The second-order valence-corrected chi connectivity index (χ2v) is 18.5. The number of aryl methyl sites for hydroxylation is 1. The zero-order chi connectivity index (χ0) is 42.8. The minimum Gasteiger partial charge on any atom is -0.343 e. The first-order valence-corrected chi connectivity index (χ1v) is 23.5. The van der Waals surface area contributed by atoms with Crippen molar-refractivity contribution in [2.24, 2.45) is 24.0 Å². The fourth-order valence-corrected chi connectivity index (χ4v) is 10.8. The van der Waals surface area contributed by atoms with Crippen LogP contribution in [0, 0.1) is 11.8 Å². The number of rotatable bonds is 11. The summed E-state index contributed by atoms with van der Waals surface area (Å²) in [7, 11) is 3.93. The molecule has 3 aromatic rings. The fourth-order valence-electron chi connectivity index (χ4n) is 10.7. The lowest BCUT2D eigenvalue weighted by atomic mass is 9.81. The van der Waals surface area contributed by atoms with Crippen LogP contribution in [0.2, 0.25) is 5.02 Å². The van der Waals surface area contributed by atoms with Gasteiger partial charge in [-0.1, -0.05) is 73.7 Å². The molecule has 0 radical (unpaired) electrons. The minimum absolute atomic E-state index is 0.0153. The molecule has 0 spiro atoms. The van der Waals surface area contributed by atoms with Gasteiger partial charge in [0.15, 0.2) is 5.82 Å². The Morgan fingerprint density at radius 1 is 0.823 bits per heavy atom. The van der Waals surface area contributed by atoms with Crippen LogP contribution in [-0.4, -0.2) is 141 Å². The summed E-state index contributed by atoms with van der Waals surface area (Å²) in [6.07, 6.45) is 13.3. The van der Waals surface area contributed by atoms with Gasteiger partial charge < -0.3 is 20.9 Å². The molecule has 2 amide bonds. The van der Waals surface area contributed by atoms with Crippen LogP contribution in [0.5, 0.6) is 0 Å². The minimum atomic E-state index is -0.641. The molecule has 9 rings (SSSR count). The Morgan fingerprint density at radius 2 is 1.48 bits per heavy atom. The SMILES string of the molecule is CN1NNN=C1CC1CCCCC1N1CCN(C(=O)[C@H](Cc2ccc(Cl)cc2)NC(=O)C2Cc3ccccc3CN2)CC1.Cn1nnnc1CC1CCCCC1N1CCNCC1. The molecule has 336 valence electrons. The first kappa shape index (κ1) is 44.4. The smallest absolute Gasteiger partial charge is 0.245 e. The van der Waals surface area contributed by atoms with E-state index in [0.29, 0.717) is 49.5 Å². The van der Waals surface area contributed by atoms with Crippen molar-refractivity contribution >= 4 is 29.3 Å². The van der Waals surface area contributed by atoms with Gasteiger partial charge in [-0.3, -0.25) is 24.4 Å². The number of amidine groups is 1. The molecule has 5 N–H and O–H groups in total. The van der Waals surface area contributed by atoms with Gasteiger partial charge in [-0.05, 0) is 83.2 Å². The molecule has 5 heterocycles. The summed E-state index contributed by atoms with van der Waals surface area (Å²) >= 11 is 6.13. The Hall–Kier alpha value is -4.19. The summed E-state index contributed by atoms with van der Waals surface area (Å²) in [6, 6.07) is 15.9. The van der Waals surface area contributed by atoms with Gasteiger partial charge in [-0.25, -0.2) is 10.2 Å². The van der Waals surface area contributed by atoms with E-state index in [4.69, 9.17) is 11.6 Å². The summed E-state index contributed by atoms with van der Waals surface area (Å²) in [5, 5.41) is 28.8. The number of hydrogen-bond acceptors (Lipinski definition) is 13. The second kappa shape index (κ2) is 21.5. The number of hydrazine groups is 2. The van der Waals surface area contributed by atoms with E-state index >= 15 is 0 Å². The number of hydrogen-bond donors (Lipinski definition) is 5. The molecule has 0 bridgehead atoms. The summed E-state index contributed by atoms with van der Waals surface area (Å²) < 4.78 is 1.82. The average molecular weight is 872 g/mol. The lowest BCUT2D eigenvalue weighted by Crippen LogP contribution is -2.59. The van der Waals surface area contributed by atoms with E-state index in [1.807, 2.05) is 65.1 Å². The number of aromatic nitrogens is 4. The Morgan fingerprint density at radius 3 is 2.15 bits per heavy atom. The number of nitrogens with one attached hydrogen (secondary N) is 5. The number of benzene rings is 2. The van der Waals surface area contributed by atoms with Gasteiger partial charge in [0.05, 0.1) is 6.04 Å². The maximum atomic E-state index is 14.0. The summed E-state index contributed by atoms with van der Waals surface area (Å²) in [6.45, 7) is 8.30. The van der Waals surface area contributed by atoms with Crippen molar-refractivity contribution in [1.82, 2.24) is 66.9 Å². The zero-order valence-corrected chi connectivity index (χ0v) is 37.4. The molecule has 17 heteroatoms. The third kappa shape index (κ3) is 11.3. The molecule has 4 aliphatic heterocycles. The van der Waals surface area contributed by atoms with Crippen LogP contribution >= 0.6 is 11.6 Å². The Labute approximate surface area is 371 Å². The summed E-state index contributed by atoms with van der Waals surface area (Å²) in [5.74, 6) is 3.20. The number of piperazine rings is 2. The maximum absolute atomic E-state index is 14.0. The number of carbonyl (C=O) groups excluding carboxylic acids is 2. The van der Waals surface area contributed by atoms with Crippen LogP contribution in [0.1, 0.15) is 80.3 Å². The molecule has 2 aliphatic carbocycles. The lowest BCUT2D eigenvalue weighted by molar-refractivity contribution is -0.139. The van der Waals surface area contributed by atoms with Crippen molar-refractivity contribution in [3.63, 3.8) is 0 Å². The standard InChI is InChI=1S/C32H43ClN8O2.C13H24N6/c1-39-30(36-37-38-39)20-24-7-4-5-9-29(24)40-14-16-41(17-15-40)32(43)28(18-22-10-12-26(33)13-11-22)35-31(42)27-19-23-6-2-3-8-25(23)21-34-27;1-18-13(15-16-17-18)10-11-4-2-3-5-12(11)19-8-6-14-7-9-19/h2-3,6,8,10-13,24,27-29,34,37-38H,4-5,7,9,14-21H2,1H3,(H,35,42);11-12,14H,2-10H2,1H3/t24?,27?,28-,29?;/m0./s1. The monoisotopic (exact) mass is 871 g/mol. The largest absolute Gasteiger partial charge is 0.343 e. The molecule has 16 nitrogen and oxygen atoms in total. The van der Waals surface area contributed by atoms with Crippen molar-refractivity contribution in [3.8, 4) is 0 Å². The third-order valence-corrected chi connectivity index (χ3v) is 14.5. The highest BCUT2D eigenvalue weighted by molar-refractivity contribution is 6.30. The lowest BCUT2D eigenvalue weighted by Gasteiger charge is -2.45. The van der Waals surface area contributed by atoms with Gasteiger partial charge in [0.25, 0.3) is 0 Å². The topological polar surface area (TPSA) is 163 Å². The number of tetrazole rings is 1. The van der Waals surface area contributed by atoms with Crippen LogP contribution in [0.25, 0.3) is 0 Å². The quantitative estimate of drug-likeness (QED) is 0.192. The Kier molecular flexibility index (Phi) is 15.4. The molecule has 6 aliphatic rings. The molecule has 4 fully saturated rings. The highest BCUT2D eigenvalue weighted by Gasteiger charge is 2.37. The summed E-state index contributed by atoms with van der Waals surface area (Å²) in [5.41, 5.74) is 9.25. The number of fused-ring (bicyclic) bond motifs is 1. The highest BCUT2D eigenvalue weighted by Crippen LogP contribution is 2.33. The van der Waals surface area contributed by atoms with Crippen molar-refractivity contribution in [3.05, 3.63) is 76.1 Å². The Balaban J connectivity index is 0.000000231. The number of hydrazone groups is 1. The Bertz CT molecular complexity index is 1950. The summed E-state index contributed by atoms with van der Waals surface area (Å²) in [4.78, 5) is 34.7. The first-order valence-electron chi connectivity index (χ1n) is 23.1. The third-order valence-electron chi connectivity index (χ3n) is 14.2. The van der Waals surface area contributed by atoms with E-state index < -0.39 is 6.04 Å². The molecule has 62 heavy (non-hydrogen) atoms. The number of carbonyl (C=O) groups is 2. The van der Waals surface area contributed by atoms with Crippen LogP contribution in [-0.2, 0) is 42.4 Å². The van der Waals surface area contributed by atoms with Gasteiger partial charge in [0.2, 0.25) is 11.8 Å². The van der Waals surface area contributed by atoms with E-state index in [9.17, 15) is 9.59 Å². The second-order valence-electron chi connectivity index (χ2n) is 18.1. The van der Waals surface area contributed by atoms with Crippen LogP contribution < -0.4 is 27.0 Å². The highest BCUT2D eigenvalue weighted by atomic mass is 35.5. The van der Waals surface area contributed by atoms with Crippen molar-refractivity contribution in [2.75, 3.05) is 59.4 Å². The van der Waals surface area contributed by atoms with E-state index in [1.165, 1.54) is 75.6 Å². The predicted molar refractivity (Wildman–Crippen MR) is 241 cm³/mol. The van der Waals surface area contributed by atoms with Crippen molar-refractivity contribution in [1.29, 1.82) is 0 Å². The van der Waals surface area contributed by atoms with Crippen molar-refractivity contribution < 1.29 is 9.59 Å². The molecular weight excluding hydrogens is 804 g/mol. The van der Waals surface area contributed by atoms with Crippen molar-refractivity contribution in [2.45, 2.75) is 108 Å². The molecule has 5 unspecified atom stereocenters. The van der Waals surface area contributed by atoms with Crippen LogP contribution in [0.3, 0.4) is 0 Å². The van der Waals surface area contributed by atoms with Gasteiger partial charge in [0, 0.05) is 109 Å². The van der Waals surface area contributed by atoms with Crippen LogP contribution in [0.4, 0.5) is 0 Å². The number of amides is 2. The maximum Gasteiger partial charge on any atom is 0.245 e. The predicted octanol–water partition coefficient (Wildman–Crippen LogP) is 2.66.